The van der Waals surface area contributed by atoms with Gasteiger partial charge in [0.1, 0.15) is 0 Å². The van der Waals surface area contributed by atoms with Gasteiger partial charge < -0.3 is 10.6 Å². The molecule has 1 amide bonds. The second-order valence-corrected chi connectivity index (χ2v) is 9.39. The maximum absolute atomic E-state index is 12.3. The highest BCUT2D eigenvalue weighted by Gasteiger charge is 2.43. The summed E-state index contributed by atoms with van der Waals surface area (Å²) in [5.74, 6) is 1.49. The van der Waals surface area contributed by atoms with E-state index < -0.39 is 15.4 Å². The second kappa shape index (κ2) is 5.21. The van der Waals surface area contributed by atoms with Crippen LogP contribution >= 0.6 is 0 Å². The number of rotatable bonds is 3. The molecule has 3 saturated heterocycles. The van der Waals surface area contributed by atoms with Gasteiger partial charge >= 0.3 is 0 Å². The summed E-state index contributed by atoms with van der Waals surface area (Å²) in [6, 6.07) is 0.413. The molecule has 7 heteroatoms. The summed E-state index contributed by atoms with van der Waals surface area (Å²) in [5, 5.41) is 6.36. The molecule has 21 heavy (non-hydrogen) atoms. The average molecular weight is 315 g/mol. The second-order valence-electron chi connectivity index (χ2n) is 7.20. The molecule has 120 valence electrons. The molecule has 0 aliphatic carbocycles. The third-order valence-corrected chi connectivity index (χ3v) is 7.25. The number of hydrogen-bond donors (Lipinski definition) is 2. The van der Waals surface area contributed by atoms with Crippen molar-refractivity contribution >= 4 is 15.7 Å². The first-order valence-electron chi connectivity index (χ1n) is 7.74. The third-order valence-electron chi connectivity index (χ3n) is 5.35. The topological polar surface area (TPSA) is 78.5 Å². The highest BCUT2D eigenvalue weighted by atomic mass is 32.2. The number of amides is 1. The number of nitrogens with one attached hydrogen (secondary N) is 2. The van der Waals surface area contributed by atoms with Crippen molar-refractivity contribution in [2.75, 3.05) is 37.7 Å². The van der Waals surface area contributed by atoms with Crippen LogP contribution in [0.3, 0.4) is 0 Å². The van der Waals surface area contributed by atoms with Crippen molar-refractivity contribution in [2.45, 2.75) is 31.8 Å². The van der Waals surface area contributed by atoms with Gasteiger partial charge in [0.15, 0.2) is 9.84 Å². The van der Waals surface area contributed by atoms with Crippen LogP contribution in [0.25, 0.3) is 0 Å². The molecule has 4 unspecified atom stereocenters. The van der Waals surface area contributed by atoms with Gasteiger partial charge in [-0.15, -0.1) is 0 Å². The summed E-state index contributed by atoms with van der Waals surface area (Å²) in [5.41, 5.74) is -0.587. The zero-order chi connectivity index (χ0) is 15.3. The van der Waals surface area contributed by atoms with Gasteiger partial charge in [-0.2, -0.15) is 0 Å². The van der Waals surface area contributed by atoms with E-state index in [0.717, 1.165) is 19.6 Å². The lowest BCUT2D eigenvalue weighted by Gasteiger charge is -2.28. The molecule has 2 N–H and O–H groups in total. The summed E-state index contributed by atoms with van der Waals surface area (Å²) in [4.78, 5) is 14.5. The van der Waals surface area contributed by atoms with Crippen LogP contribution in [0.2, 0.25) is 0 Å². The van der Waals surface area contributed by atoms with Crippen molar-refractivity contribution in [1.29, 1.82) is 0 Å². The Morgan fingerprint density at radius 1 is 1.43 bits per heavy atom. The van der Waals surface area contributed by atoms with Crippen molar-refractivity contribution in [2.24, 2.45) is 11.8 Å². The minimum Gasteiger partial charge on any atom is -0.349 e. The van der Waals surface area contributed by atoms with E-state index in [1.54, 1.807) is 0 Å². The van der Waals surface area contributed by atoms with E-state index in [9.17, 15) is 13.2 Å². The Bertz CT molecular complexity index is 536. The molecular weight excluding hydrogens is 290 g/mol. The van der Waals surface area contributed by atoms with E-state index in [4.69, 9.17) is 0 Å². The number of nitrogens with zero attached hydrogens (tertiary/aromatic N) is 1. The van der Waals surface area contributed by atoms with Crippen molar-refractivity contribution < 1.29 is 13.2 Å². The van der Waals surface area contributed by atoms with Gasteiger partial charge in [0, 0.05) is 12.6 Å². The first-order valence-corrected chi connectivity index (χ1v) is 9.56. The Hall–Kier alpha value is -0.660. The third kappa shape index (κ3) is 3.10. The van der Waals surface area contributed by atoms with Crippen molar-refractivity contribution in [3.8, 4) is 0 Å². The summed E-state index contributed by atoms with van der Waals surface area (Å²) >= 11 is 0. The van der Waals surface area contributed by atoms with Gasteiger partial charge in [0.25, 0.3) is 0 Å². The Kier molecular flexibility index (Phi) is 3.78. The van der Waals surface area contributed by atoms with E-state index in [0.29, 0.717) is 30.8 Å². The number of fused-ring (bicyclic) bond motifs is 1. The van der Waals surface area contributed by atoms with Gasteiger partial charge in [0.05, 0.1) is 23.6 Å². The summed E-state index contributed by atoms with van der Waals surface area (Å²) in [6.45, 7) is 7.45. The molecule has 3 heterocycles. The quantitative estimate of drug-likeness (QED) is 0.714. The smallest absolute Gasteiger partial charge is 0.234 e. The summed E-state index contributed by atoms with van der Waals surface area (Å²) < 4.78 is 23.2. The van der Waals surface area contributed by atoms with Gasteiger partial charge in [-0.25, -0.2) is 8.42 Å². The normalized spacial score (nSPS) is 42.1. The fourth-order valence-electron chi connectivity index (χ4n) is 4.13. The standard InChI is InChI=1S/C14H25N3O3S/c1-10-12-6-15-5-11(12)7-17(10)8-13(18)16-14(2)3-4-21(19,20)9-14/h10-12,15H,3-9H2,1-2H3,(H,16,18). The molecule has 3 rings (SSSR count). The Morgan fingerprint density at radius 2 is 2.19 bits per heavy atom. The lowest BCUT2D eigenvalue weighted by atomic mass is 9.95. The van der Waals surface area contributed by atoms with Crippen molar-refractivity contribution in [3.05, 3.63) is 0 Å². The number of likely N-dealkylation sites (tertiary alicyclic amines) is 1. The number of carbonyl (C=O) groups excluding carboxylic acids is 1. The monoisotopic (exact) mass is 315 g/mol. The molecule has 0 aromatic rings. The highest BCUT2D eigenvalue weighted by molar-refractivity contribution is 7.91. The van der Waals surface area contributed by atoms with Crippen LogP contribution in [0, 0.1) is 11.8 Å². The number of hydrogen-bond acceptors (Lipinski definition) is 5. The summed E-state index contributed by atoms with van der Waals surface area (Å²) in [6.07, 6.45) is 0.520. The summed E-state index contributed by atoms with van der Waals surface area (Å²) in [7, 11) is -2.99. The highest BCUT2D eigenvalue weighted by Crippen LogP contribution is 2.32. The van der Waals surface area contributed by atoms with Crippen LogP contribution in [0.4, 0.5) is 0 Å². The molecule has 0 aromatic heterocycles. The van der Waals surface area contributed by atoms with Crippen LogP contribution in [-0.2, 0) is 14.6 Å². The lowest BCUT2D eigenvalue weighted by Crippen LogP contribution is -2.51. The fourth-order valence-corrected chi connectivity index (χ4v) is 6.23. The molecule has 0 radical (unpaired) electrons. The minimum absolute atomic E-state index is 0.0469. The molecule has 0 bridgehead atoms. The Balaban J connectivity index is 1.55. The van der Waals surface area contributed by atoms with Crippen LogP contribution in [0.5, 0.6) is 0 Å². The maximum atomic E-state index is 12.3. The van der Waals surface area contributed by atoms with E-state index in [1.807, 2.05) is 6.92 Å². The zero-order valence-corrected chi connectivity index (χ0v) is 13.6. The first-order chi connectivity index (χ1) is 9.78. The molecule has 0 saturated carbocycles. The molecule has 0 spiro atoms. The first kappa shape index (κ1) is 15.2. The Labute approximate surface area is 126 Å². The molecule has 0 aromatic carbocycles. The van der Waals surface area contributed by atoms with E-state index in [-0.39, 0.29) is 17.4 Å². The zero-order valence-electron chi connectivity index (χ0n) is 12.8. The van der Waals surface area contributed by atoms with Crippen LogP contribution in [0.15, 0.2) is 0 Å². The molecule has 3 aliphatic heterocycles. The van der Waals surface area contributed by atoms with Crippen molar-refractivity contribution in [1.82, 2.24) is 15.5 Å². The Morgan fingerprint density at radius 3 is 2.81 bits per heavy atom. The van der Waals surface area contributed by atoms with Crippen molar-refractivity contribution in [3.63, 3.8) is 0 Å². The number of sulfone groups is 1. The molecule has 3 aliphatic rings. The van der Waals surface area contributed by atoms with Gasteiger partial charge in [-0.3, -0.25) is 9.69 Å². The predicted octanol–water partition coefficient (Wildman–Crippen LogP) is -0.780. The molecule has 6 nitrogen and oxygen atoms in total. The van der Waals surface area contributed by atoms with Gasteiger partial charge in [0.2, 0.25) is 5.91 Å². The number of carbonyl (C=O) groups is 1. The largest absolute Gasteiger partial charge is 0.349 e. The molecular formula is C14H25N3O3S. The average Bonchev–Trinajstić information content (AvgIpc) is 2.98. The van der Waals surface area contributed by atoms with E-state index >= 15 is 0 Å². The van der Waals surface area contributed by atoms with E-state index in [1.165, 1.54) is 0 Å². The van der Waals surface area contributed by atoms with Gasteiger partial charge in [-0.05, 0) is 45.2 Å². The fraction of sp³-hybridized carbons (Fsp3) is 0.929. The lowest BCUT2D eigenvalue weighted by molar-refractivity contribution is -0.124. The van der Waals surface area contributed by atoms with Gasteiger partial charge in [-0.1, -0.05) is 0 Å². The van der Waals surface area contributed by atoms with Crippen LogP contribution in [0.1, 0.15) is 20.3 Å². The molecule has 3 fully saturated rings. The maximum Gasteiger partial charge on any atom is 0.234 e. The van der Waals surface area contributed by atoms with Crippen LogP contribution in [-0.4, -0.2) is 68.5 Å². The SMILES string of the molecule is CC1C2CNCC2CN1CC(=O)NC1(C)CCS(=O)(=O)C1. The van der Waals surface area contributed by atoms with Crippen LogP contribution < -0.4 is 10.6 Å². The molecule has 4 atom stereocenters. The minimum atomic E-state index is -2.99. The predicted molar refractivity (Wildman–Crippen MR) is 80.7 cm³/mol. The van der Waals surface area contributed by atoms with E-state index in [2.05, 4.69) is 22.5 Å².